The van der Waals surface area contributed by atoms with Crippen molar-refractivity contribution in [1.29, 1.82) is 0 Å². The van der Waals surface area contributed by atoms with E-state index >= 15 is 0 Å². The summed E-state index contributed by atoms with van der Waals surface area (Å²) in [5, 5.41) is 20.8. The molecule has 6 heteroatoms. The maximum atomic E-state index is 12.8. The van der Waals surface area contributed by atoms with E-state index in [9.17, 15) is 23.4 Å². The second-order valence-electron chi connectivity index (χ2n) is 5.69. The van der Waals surface area contributed by atoms with E-state index in [0.717, 1.165) is 23.1 Å². The van der Waals surface area contributed by atoms with Gasteiger partial charge < -0.3 is 10.2 Å². The van der Waals surface area contributed by atoms with Crippen LogP contribution < -0.4 is 0 Å². The molecule has 22 heavy (non-hydrogen) atoms. The number of aromatic hydroxyl groups is 2. The molecule has 0 saturated carbocycles. The molecule has 2 aliphatic carbocycles. The van der Waals surface area contributed by atoms with Crippen LogP contribution in [0.25, 0.3) is 5.69 Å². The van der Waals surface area contributed by atoms with Crippen LogP contribution in [0.1, 0.15) is 34.9 Å². The SMILES string of the molecule is Oc1c2c(c(O)n1-c1cccc(C(F)(F)F)c1)[C@H]1C=C[C@@H]2C1. The lowest BCUT2D eigenvalue weighted by Crippen LogP contribution is -2.06. The molecule has 2 bridgehead atoms. The fourth-order valence-electron chi connectivity index (χ4n) is 3.51. The van der Waals surface area contributed by atoms with Gasteiger partial charge in [0.2, 0.25) is 11.8 Å². The molecule has 1 aromatic carbocycles. The number of fused-ring (bicyclic) bond motifs is 5. The topological polar surface area (TPSA) is 45.4 Å². The van der Waals surface area contributed by atoms with Gasteiger partial charge in [-0.2, -0.15) is 13.2 Å². The Kier molecular flexibility index (Phi) is 2.47. The maximum Gasteiger partial charge on any atom is 0.416 e. The van der Waals surface area contributed by atoms with E-state index in [1.54, 1.807) is 0 Å². The number of aromatic nitrogens is 1. The number of allylic oxidation sites excluding steroid dienone is 2. The number of halogens is 3. The largest absolute Gasteiger partial charge is 0.494 e. The first-order chi connectivity index (χ1) is 10.4. The molecule has 0 spiro atoms. The molecule has 2 N–H and O–H groups in total. The molecule has 1 heterocycles. The predicted octanol–water partition coefficient (Wildman–Crippen LogP) is 4.05. The fraction of sp³-hybridized carbons (Fsp3) is 0.250. The van der Waals surface area contributed by atoms with Crippen LogP contribution in [0.15, 0.2) is 36.4 Å². The third-order valence-corrected chi connectivity index (χ3v) is 4.45. The Bertz CT molecular complexity index is 769. The van der Waals surface area contributed by atoms with E-state index in [4.69, 9.17) is 0 Å². The number of benzene rings is 1. The molecule has 0 saturated heterocycles. The number of rotatable bonds is 1. The molecule has 114 valence electrons. The zero-order valence-electron chi connectivity index (χ0n) is 11.3. The van der Waals surface area contributed by atoms with Gasteiger partial charge in [0.25, 0.3) is 0 Å². The molecular weight excluding hydrogens is 295 g/mol. The fourth-order valence-corrected chi connectivity index (χ4v) is 3.51. The van der Waals surface area contributed by atoms with Crippen LogP contribution in [0.2, 0.25) is 0 Å². The second-order valence-corrected chi connectivity index (χ2v) is 5.69. The van der Waals surface area contributed by atoms with Crippen molar-refractivity contribution in [1.82, 2.24) is 4.57 Å². The lowest BCUT2D eigenvalue weighted by molar-refractivity contribution is -0.137. The molecular formula is C16H12F3NO2. The minimum absolute atomic E-state index is 0.0259. The molecule has 0 radical (unpaired) electrons. The van der Waals surface area contributed by atoms with Crippen LogP contribution in [0.4, 0.5) is 13.2 Å². The van der Waals surface area contributed by atoms with Gasteiger partial charge in [0.05, 0.1) is 11.3 Å². The number of nitrogens with zero attached hydrogens (tertiary/aromatic N) is 1. The molecule has 2 atom stereocenters. The van der Waals surface area contributed by atoms with Crippen LogP contribution in [-0.4, -0.2) is 14.8 Å². The van der Waals surface area contributed by atoms with Crippen LogP contribution in [0.3, 0.4) is 0 Å². The molecule has 0 fully saturated rings. The van der Waals surface area contributed by atoms with Crippen molar-refractivity contribution in [3.63, 3.8) is 0 Å². The third kappa shape index (κ3) is 1.63. The first kappa shape index (κ1) is 13.3. The van der Waals surface area contributed by atoms with Crippen molar-refractivity contribution in [2.45, 2.75) is 24.4 Å². The average Bonchev–Trinajstić information content (AvgIpc) is 3.12. The Morgan fingerprint density at radius 1 is 1.00 bits per heavy atom. The number of alkyl halides is 3. The molecule has 0 aliphatic heterocycles. The Morgan fingerprint density at radius 3 is 2.14 bits per heavy atom. The summed E-state index contributed by atoms with van der Waals surface area (Å²) in [6, 6.07) is 4.57. The van der Waals surface area contributed by atoms with Crippen molar-refractivity contribution in [3.05, 3.63) is 53.1 Å². The summed E-state index contributed by atoms with van der Waals surface area (Å²) in [4.78, 5) is 0. The van der Waals surface area contributed by atoms with Crippen molar-refractivity contribution >= 4 is 0 Å². The number of hydrogen-bond donors (Lipinski definition) is 2. The van der Waals surface area contributed by atoms with Gasteiger partial charge in [-0.1, -0.05) is 18.2 Å². The van der Waals surface area contributed by atoms with E-state index in [1.807, 2.05) is 12.2 Å². The van der Waals surface area contributed by atoms with E-state index in [2.05, 4.69) is 0 Å². The van der Waals surface area contributed by atoms with Gasteiger partial charge in [-0.3, -0.25) is 4.57 Å². The van der Waals surface area contributed by atoms with Crippen LogP contribution in [0, 0.1) is 0 Å². The summed E-state index contributed by atoms with van der Waals surface area (Å²) in [6.45, 7) is 0. The summed E-state index contributed by atoms with van der Waals surface area (Å²) in [6.07, 6.45) is 0.248. The first-order valence-corrected chi connectivity index (χ1v) is 6.90. The van der Waals surface area contributed by atoms with Crippen molar-refractivity contribution in [2.24, 2.45) is 0 Å². The van der Waals surface area contributed by atoms with Gasteiger partial charge in [0, 0.05) is 23.0 Å². The summed E-state index contributed by atoms with van der Waals surface area (Å²) < 4.78 is 39.6. The van der Waals surface area contributed by atoms with Crippen molar-refractivity contribution in [2.75, 3.05) is 0 Å². The third-order valence-electron chi connectivity index (χ3n) is 4.45. The van der Waals surface area contributed by atoms with Gasteiger partial charge in [-0.25, -0.2) is 0 Å². The standard InChI is InChI=1S/C16H12F3NO2/c17-16(18,19)10-2-1-3-11(7-10)20-14(21)12-8-4-5-9(6-8)13(12)15(20)22/h1-5,7-9,21-22H,6H2/t8-,9+. The summed E-state index contributed by atoms with van der Waals surface area (Å²) in [7, 11) is 0. The Morgan fingerprint density at radius 2 is 1.59 bits per heavy atom. The van der Waals surface area contributed by atoms with Crippen LogP contribution in [0.5, 0.6) is 11.8 Å². The highest BCUT2D eigenvalue weighted by Crippen LogP contribution is 2.57. The molecule has 0 unspecified atom stereocenters. The smallest absolute Gasteiger partial charge is 0.416 e. The van der Waals surface area contributed by atoms with Gasteiger partial charge >= 0.3 is 6.18 Å². The summed E-state index contributed by atoms with van der Waals surface area (Å²) in [5.74, 6) is -0.303. The monoisotopic (exact) mass is 307 g/mol. The Balaban J connectivity index is 1.89. The minimum atomic E-state index is -4.47. The second kappa shape index (κ2) is 4.09. The van der Waals surface area contributed by atoms with Gasteiger partial charge in [-0.05, 0) is 24.6 Å². The Labute approximate surface area is 123 Å². The molecule has 2 aliphatic rings. The molecule has 3 nitrogen and oxygen atoms in total. The highest BCUT2D eigenvalue weighted by Gasteiger charge is 2.41. The highest BCUT2D eigenvalue weighted by atomic mass is 19.4. The molecule has 1 aromatic heterocycles. The maximum absolute atomic E-state index is 12.8. The van der Waals surface area contributed by atoms with Crippen LogP contribution in [-0.2, 0) is 6.18 Å². The Hall–Kier alpha value is -2.37. The first-order valence-electron chi connectivity index (χ1n) is 6.90. The molecule has 0 amide bonds. The molecule has 2 aromatic rings. The van der Waals surface area contributed by atoms with Crippen molar-refractivity contribution in [3.8, 4) is 17.4 Å². The van der Waals surface area contributed by atoms with Crippen molar-refractivity contribution < 1.29 is 23.4 Å². The lowest BCUT2D eigenvalue weighted by Gasteiger charge is -2.12. The van der Waals surface area contributed by atoms with Gasteiger partial charge in [0.1, 0.15) is 0 Å². The minimum Gasteiger partial charge on any atom is -0.494 e. The average molecular weight is 307 g/mol. The zero-order chi connectivity index (χ0) is 15.6. The summed E-state index contributed by atoms with van der Waals surface area (Å²) in [5.41, 5.74) is 0.530. The highest BCUT2D eigenvalue weighted by molar-refractivity contribution is 5.62. The van der Waals surface area contributed by atoms with Gasteiger partial charge in [0.15, 0.2) is 0 Å². The van der Waals surface area contributed by atoms with E-state index in [-0.39, 0.29) is 29.3 Å². The quantitative estimate of drug-likeness (QED) is 0.781. The molecule has 4 rings (SSSR count). The normalized spacial score (nSPS) is 22.3. The van der Waals surface area contributed by atoms with E-state index < -0.39 is 11.7 Å². The number of hydrogen-bond acceptors (Lipinski definition) is 2. The van der Waals surface area contributed by atoms with Gasteiger partial charge in [-0.15, -0.1) is 0 Å². The predicted molar refractivity (Wildman–Crippen MR) is 73.3 cm³/mol. The lowest BCUT2D eigenvalue weighted by atomic mass is 10.0. The van der Waals surface area contributed by atoms with E-state index in [0.29, 0.717) is 11.1 Å². The van der Waals surface area contributed by atoms with E-state index in [1.165, 1.54) is 12.1 Å². The van der Waals surface area contributed by atoms with Crippen LogP contribution >= 0.6 is 0 Å². The zero-order valence-corrected chi connectivity index (χ0v) is 11.3. The summed E-state index contributed by atoms with van der Waals surface area (Å²) >= 11 is 0.